The molecule has 0 aliphatic carbocycles. The summed E-state index contributed by atoms with van der Waals surface area (Å²) < 4.78 is 36.3. The molecule has 1 amide bonds. The quantitative estimate of drug-likeness (QED) is 0.122. The number of hydrogen-bond donors (Lipinski definition) is 1. The van der Waals surface area contributed by atoms with E-state index < -0.39 is 23.0 Å². The van der Waals surface area contributed by atoms with E-state index in [0.717, 1.165) is 25.0 Å². The molecule has 0 unspecified atom stereocenters. The number of fused-ring (bicyclic) bond motifs is 1. The Morgan fingerprint density at radius 2 is 1.70 bits per heavy atom. The van der Waals surface area contributed by atoms with Crippen molar-refractivity contribution in [2.45, 2.75) is 44.9 Å². The molecule has 4 aromatic rings. The van der Waals surface area contributed by atoms with Crippen LogP contribution in [0.2, 0.25) is 5.02 Å². The number of nitrogens with zero attached hydrogens (tertiary/aromatic N) is 4. The molecule has 2 aromatic carbocycles. The van der Waals surface area contributed by atoms with Crippen molar-refractivity contribution in [2.75, 3.05) is 57.6 Å². The number of nitrogens with one attached hydrogen (secondary N) is 1. The summed E-state index contributed by atoms with van der Waals surface area (Å²) in [5.74, 6) is -1.39. The average molecular weight is 653 g/mol. The first kappa shape index (κ1) is 33.3. The highest BCUT2D eigenvalue weighted by Gasteiger charge is 2.25. The van der Waals surface area contributed by atoms with Gasteiger partial charge in [-0.2, -0.15) is 0 Å². The minimum absolute atomic E-state index is 0.114. The minimum Gasteiger partial charge on any atom is -0.492 e. The van der Waals surface area contributed by atoms with Crippen molar-refractivity contribution in [3.05, 3.63) is 87.2 Å². The van der Waals surface area contributed by atoms with E-state index in [9.17, 15) is 18.4 Å². The summed E-state index contributed by atoms with van der Waals surface area (Å²) in [6.45, 7) is 4.45. The molecular formula is C35H41ClF2N5O3+. The van der Waals surface area contributed by atoms with Gasteiger partial charge in [-0.05, 0) is 61.7 Å². The summed E-state index contributed by atoms with van der Waals surface area (Å²) in [4.78, 5) is 33.2. The third-order valence-corrected chi connectivity index (χ3v) is 8.89. The minimum atomic E-state index is -0.855. The van der Waals surface area contributed by atoms with Crippen LogP contribution in [0.3, 0.4) is 0 Å². The fourth-order valence-electron chi connectivity index (χ4n) is 6.01. The topological polar surface area (TPSA) is 76.5 Å². The van der Waals surface area contributed by atoms with Crippen LogP contribution in [0.4, 0.5) is 20.3 Å². The van der Waals surface area contributed by atoms with Gasteiger partial charge in [0, 0.05) is 50.6 Å². The molecule has 1 aliphatic rings. The molecule has 5 rings (SSSR count). The number of amides is 1. The lowest BCUT2D eigenvalue weighted by atomic mass is 10.1. The Balaban J connectivity index is 1.31. The molecule has 1 N–H and O–H groups in total. The van der Waals surface area contributed by atoms with Gasteiger partial charge in [0.1, 0.15) is 28.8 Å². The Morgan fingerprint density at radius 3 is 2.39 bits per heavy atom. The maximum atomic E-state index is 13.8. The van der Waals surface area contributed by atoms with E-state index in [0.29, 0.717) is 40.6 Å². The van der Waals surface area contributed by atoms with E-state index in [1.807, 2.05) is 14.1 Å². The van der Waals surface area contributed by atoms with Crippen molar-refractivity contribution in [1.82, 2.24) is 9.55 Å². The van der Waals surface area contributed by atoms with Crippen LogP contribution in [0.1, 0.15) is 55.3 Å². The number of benzene rings is 2. The number of ether oxygens (including phenoxy) is 1. The molecule has 1 saturated heterocycles. The van der Waals surface area contributed by atoms with Gasteiger partial charge >= 0.3 is 0 Å². The number of aromatic nitrogens is 2. The van der Waals surface area contributed by atoms with Crippen LogP contribution in [-0.2, 0) is 0 Å². The molecule has 1 aliphatic heterocycles. The highest BCUT2D eigenvalue weighted by Crippen LogP contribution is 2.29. The van der Waals surface area contributed by atoms with Crippen LogP contribution in [0.25, 0.3) is 16.7 Å². The molecule has 8 nitrogen and oxygen atoms in total. The Bertz CT molecular complexity index is 1750. The fraction of sp³-hybridized carbons (Fsp3) is 0.400. The third kappa shape index (κ3) is 8.03. The van der Waals surface area contributed by atoms with Crippen molar-refractivity contribution in [2.24, 2.45) is 0 Å². The molecule has 2 aromatic heterocycles. The number of anilines is 2. The molecule has 11 heteroatoms. The van der Waals surface area contributed by atoms with Gasteiger partial charge in [-0.1, -0.05) is 24.4 Å². The first-order valence-electron chi connectivity index (χ1n) is 15.8. The van der Waals surface area contributed by atoms with Crippen molar-refractivity contribution >= 4 is 40.0 Å². The van der Waals surface area contributed by atoms with E-state index in [2.05, 4.69) is 17.3 Å². The number of unbranched alkanes of at least 4 members (excludes halogenated alkanes) is 4. The summed E-state index contributed by atoms with van der Waals surface area (Å²) in [6.07, 6.45) is 9.78. The van der Waals surface area contributed by atoms with Crippen molar-refractivity contribution in [3.8, 4) is 11.4 Å². The second-order valence-electron chi connectivity index (χ2n) is 12.5. The predicted octanol–water partition coefficient (Wildman–Crippen LogP) is 7.21. The number of quaternary nitrogens is 1. The second kappa shape index (κ2) is 14.6. The second-order valence-corrected chi connectivity index (χ2v) is 12.9. The zero-order valence-corrected chi connectivity index (χ0v) is 27.4. The lowest BCUT2D eigenvalue weighted by Gasteiger charge is -2.29. The number of likely N-dealkylation sites (tertiary alicyclic amines) is 1. The van der Waals surface area contributed by atoms with Crippen LogP contribution in [0, 0.1) is 11.6 Å². The highest BCUT2D eigenvalue weighted by molar-refractivity contribution is 6.32. The van der Waals surface area contributed by atoms with Gasteiger partial charge in [-0.25, -0.2) is 13.8 Å². The zero-order chi connectivity index (χ0) is 32.8. The van der Waals surface area contributed by atoms with Crippen molar-refractivity contribution < 1.29 is 22.8 Å². The van der Waals surface area contributed by atoms with Gasteiger partial charge < -0.3 is 24.0 Å². The van der Waals surface area contributed by atoms with E-state index in [-0.39, 0.29) is 16.6 Å². The maximum absolute atomic E-state index is 13.8. The van der Waals surface area contributed by atoms with Gasteiger partial charge in [0.25, 0.3) is 5.91 Å². The van der Waals surface area contributed by atoms with Crippen LogP contribution < -0.4 is 20.4 Å². The molecule has 1 fully saturated rings. The van der Waals surface area contributed by atoms with E-state index >= 15 is 0 Å². The van der Waals surface area contributed by atoms with Gasteiger partial charge in [0.05, 0.1) is 43.7 Å². The van der Waals surface area contributed by atoms with Crippen LogP contribution in [-0.4, -0.2) is 67.3 Å². The molecule has 0 radical (unpaired) electrons. The smallest absolute Gasteiger partial charge is 0.261 e. The van der Waals surface area contributed by atoms with E-state index in [4.69, 9.17) is 16.3 Å². The molecular weight excluding hydrogens is 612 g/mol. The molecule has 46 heavy (non-hydrogen) atoms. The van der Waals surface area contributed by atoms with Gasteiger partial charge in [0.2, 0.25) is 5.43 Å². The molecule has 3 heterocycles. The van der Waals surface area contributed by atoms with Crippen molar-refractivity contribution in [1.29, 1.82) is 0 Å². The van der Waals surface area contributed by atoms with Gasteiger partial charge in [-0.15, -0.1) is 0 Å². The Hall–Kier alpha value is -4.02. The summed E-state index contributed by atoms with van der Waals surface area (Å²) >= 11 is 6.66. The zero-order valence-electron chi connectivity index (χ0n) is 26.6. The fourth-order valence-corrected chi connectivity index (χ4v) is 6.24. The lowest BCUT2D eigenvalue weighted by Crippen LogP contribution is -2.41. The van der Waals surface area contributed by atoms with Crippen LogP contribution in [0.5, 0.6) is 5.75 Å². The summed E-state index contributed by atoms with van der Waals surface area (Å²) in [5.41, 5.74) is -0.0570. The standard InChI is InChI=1S/C35H40ClF2N5O3/c1-41(2)32-14-12-28-33(44)29(35(45)39-26-20-24(37)19-25(38)21-26)23-42(34(28)40-32)27-11-13-31(30(36)22-27)46-18-10-6-4-5-7-15-43(3)16-8-9-17-43/h11-14,19-23H,4-10,15-18H2,1-3H3/p+1. The normalized spacial score (nSPS) is 14.0. The molecule has 0 atom stereocenters. The number of pyridine rings is 2. The van der Waals surface area contributed by atoms with Gasteiger partial charge in [0.15, 0.2) is 5.65 Å². The number of carbonyl (C=O) groups excluding carboxylic acids is 1. The summed E-state index contributed by atoms with van der Waals surface area (Å²) in [5, 5.41) is 2.99. The number of halogens is 3. The third-order valence-electron chi connectivity index (χ3n) is 8.60. The Kier molecular flexibility index (Phi) is 10.6. The largest absolute Gasteiger partial charge is 0.492 e. The van der Waals surface area contributed by atoms with E-state index in [1.165, 1.54) is 62.4 Å². The lowest BCUT2D eigenvalue weighted by molar-refractivity contribution is -0.897. The number of carbonyl (C=O) groups is 1. The monoisotopic (exact) mass is 652 g/mol. The van der Waals surface area contributed by atoms with E-state index in [1.54, 1.807) is 39.8 Å². The van der Waals surface area contributed by atoms with Crippen LogP contribution >= 0.6 is 11.6 Å². The maximum Gasteiger partial charge on any atom is 0.261 e. The Labute approximate surface area is 273 Å². The van der Waals surface area contributed by atoms with Crippen LogP contribution in [0.15, 0.2) is 59.5 Å². The SMILES string of the molecule is CN(C)c1ccc2c(=O)c(C(=O)Nc3cc(F)cc(F)c3)cn(-c3ccc(OCCCCCCC[N+]4(C)CCCC4)c(Cl)c3)c2n1. The van der Waals surface area contributed by atoms with Crippen molar-refractivity contribution in [3.63, 3.8) is 0 Å². The molecule has 0 bridgehead atoms. The summed E-state index contributed by atoms with van der Waals surface area (Å²) in [7, 11) is 6.03. The first-order valence-corrected chi connectivity index (χ1v) is 16.2. The number of rotatable bonds is 13. The molecule has 0 saturated carbocycles. The Morgan fingerprint density at radius 1 is 1.00 bits per heavy atom. The summed E-state index contributed by atoms with van der Waals surface area (Å²) in [6, 6.07) is 11.1. The highest BCUT2D eigenvalue weighted by atomic mass is 35.5. The molecule has 244 valence electrons. The van der Waals surface area contributed by atoms with Gasteiger partial charge in [-0.3, -0.25) is 9.59 Å². The number of hydrogen-bond acceptors (Lipinski definition) is 5. The molecule has 0 spiro atoms. The predicted molar refractivity (Wildman–Crippen MR) is 180 cm³/mol. The average Bonchev–Trinajstić information content (AvgIpc) is 3.44. The first-order chi connectivity index (χ1) is 22.0.